The van der Waals surface area contributed by atoms with Gasteiger partial charge in [-0.1, -0.05) is 23.7 Å². The molecule has 0 aromatic heterocycles. The van der Waals surface area contributed by atoms with Gasteiger partial charge < -0.3 is 4.74 Å². The van der Waals surface area contributed by atoms with Gasteiger partial charge >= 0.3 is 5.97 Å². The predicted molar refractivity (Wildman–Crippen MR) is 55.3 cm³/mol. The fourth-order valence-corrected chi connectivity index (χ4v) is 1.34. The SMILES string of the molecule is Bc1cccc(C)c1C(=O)OCC. The molecule has 0 heterocycles. The molecule has 0 aliphatic heterocycles. The summed E-state index contributed by atoms with van der Waals surface area (Å²) in [6, 6.07) is 5.77. The molecule has 0 saturated heterocycles. The van der Waals surface area contributed by atoms with Crippen molar-refractivity contribution in [1.82, 2.24) is 0 Å². The maximum absolute atomic E-state index is 11.5. The Morgan fingerprint density at radius 3 is 2.77 bits per heavy atom. The molecule has 0 spiro atoms. The first-order valence-corrected chi connectivity index (χ1v) is 4.40. The fourth-order valence-electron chi connectivity index (χ4n) is 1.34. The van der Waals surface area contributed by atoms with E-state index >= 15 is 0 Å². The largest absolute Gasteiger partial charge is 0.462 e. The van der Waals surface area contributed by atoms with E-state index in [1.807, 2.05) is 39.9 Å². The molecular weight excluding hydrogens is 163 g/mol. The Bertz CT molecular complexity index is 300. The van der Waals surface area contributed by atoms with Gasteiger partial charge in [0.15, 0.2) is 0 Å². The van der Waals surface area contributed by atoms with E-state index < -0.39 is 0 Å². The summed E-state index contributed by atoms with van der Waals surface area (Å²) in [5.74, 6) is -0.224. The Balaban J connectivity index is 3.05. The summed E-state index contributed by atoms with van der Waals surface area (Å²) in [6.45, 7) is 4.15. The lowest BCUT2D eigenvalue weighted by Gasteiger charge is -2.07. The highest BCUT2D eigenvalue weighted by molar-refractivity contribution is 6.36. The first kappa shape index (κ1) is 9.84. The number of rotatable bonds is 2. The summed E-state index contributed by atoms with van der Waals surface area (Å²) < 4.78 is 4.95. The second kappa shape index (κ2) is 4.12. The van der Waals surface area contributed by atoms with Gasteiger partial charge in [0, 0.05) is 0 Å². The maximum Gasteiger partial charge on any atom is 0.337 e. The minimum atomic E-state index is -0.224. The van der Waals surface area contributed by atoms with Crippen LogP contribution in [0.5, 0.6) is 0 Å². The van der Waals surface area contributed by atoms with Crippen molar-refractivity contribution in [2.24, 2.45) is 0 Å². The third kappa shape index (κ3) is 2.11. The molecule has 3 heteroatoms. The van der Waals surface area contributed by atoms with Gasteiger partial charge in [0.2, 0.25) is 0 Å². The number of benzene rings is 1. The van der Waals surface area contributed by atoms with Crippen LogP contribution in [0.25, 0.3) is 0 Å². The minimum absolute atomic E-state index is 0.224. The monoisotopic (exact) mass is 176 g/mol. The summed E-state index contributed by atoms with van der Waals surface area (Å²) in [7, 11) is 1.92. The Morgan fingerprint density at radius 1 is 1.54 bits per heavy atom. The lowest BCUT2D eigenvalue weighted by Crippen LogP contribution is -2.19. The molecule has 2 nitrogen and oxygen atoms in total. The molecular formula is C10H13BO2. The van der Waals surface area contributed by atoms with E-state index in [4.69, 9.17) is 4.74 Å². The standard InChI is InChI=1S/C10H13BO2/c1-3-13-10(12)9-7(2)5-4-6-8(9)11/h4-6H,3,11H2,1-2H3. The van der Waals surface area contributed by atoms with Crippen LogP contribution in [0, 0.1) is 6.92 Å². The van der Waals surface area contributed by atoms with Crippen LogP contribution in [0.4, 0.5) is 0 Å². The van der Waals surface area contributed by atoms with Gasteiger partial charge in [-0.05, 0) is 19.4 Å². The summed E-state index contributed by atoms with van der Waals surface area (Å²) in [5.41, 5.74) is 2.64. The Morgan fingerprint density at radius 2 is 2.23 bits per heavy atom. The van der Waals surface area contributed by atoms with E-state index in [0.717, 1.165) is 11.0 Å². The van der Waals surface area contributed by atoms with Crippen LogP contribution in [0.2, 0.25) is 0 Å². The number of hydrogen-bond acceptors (Lipinski definition) is 2. The second-order valence-electron chi connectivity index (χ2n) is 2.99. The molecule has 0 bridgehead atoms. The lowest BCUT2D eigenvalue weighted by atomic mass is 9.88. The molecule has 1 aromatic rings. The zero-order chi connectivity index (χ0) is 9.84. The van der Waals surface area contributed by atoms with E-state index in [1.165, 1.54) is 0 Å². The molecule has 0 unspecified atom stereocenters. The summed E-state index contributed by atoms with van der Waals surface area (Å²) in [6.07, 6.45) is 0. The average Bonchev–Trinajstić information content (AvgIpc) is 2.04. The molecule has 1 aromatic carbocycles. The van der Waals surface area contributed by atoms with E-state index in [-0.39, 0.29) is 5.97 Å². The van der Waals surface area contributed by atoms with Crippen LogP contribution < -0.4 is 5.46 Å². The minimum Gasteiger partial charge on any atom is -0.462 e. The molecule has 0 aliphatic carbocycles. The highest BCUT2D eigenvalue weighted by atomic mass is 16.5. The Kier molecular flexibility index (Phi) is 3.12. The zero-order valence-corrected chi connectivity index (χ0v) is 8.26. The van der Waals surface area contributed by atoms with Crippen molar-refractivity contribution in [3.05, 3.63) is 29.3 Å². The molecule has 68 valence electrons. The third-order valence-electron chi connectivity index (χ3n) is 1.96. The molecule has 0 radical (unpaired) electrons. The van der Waals surface area contributed by atoms with Gasteiger partial charge in [-0.3, -0.25) is 0 Å². The third-order valence-corrected chi connectivity index (χ3v) is 1.96. The lowest BCUT2D eigenvalue weighted by molar-refractivity contribution is 0.0527. The van der Waals surface area contributed by atoms with Gasteiger partial charge in [-0.2, -0.15) is 0 Å². The summed E-state index contributed by atoms with van der Waals surface area (Å²) in [5, 5.41) is 0. The molecule has 1 rings (SSSR count). The van der Waals surface area contributed by atoms with Gasteiger partial charge in [0.1, 0.15) is 7.85 Å². The molecule has 13 heavy (non-hydrogen) atoms. The van der Waals surface area contributed by atoms with Crippen LogP contribution in [-0.2, 0) is 4.74 Å². The van der Waals surface area contributed by atoms with Gasteiger partial charge in [0.05, 0.1) is 12.2 Å². The van der Waals surface area contributed by atoms with Crippen LogP contribution in [0.3, 0.4) is 0 Å². The Labute approximate surface area is 79.3 Å². The normalized spacial score (nSPS) is 9.69. The van der Waals surface area contributed by atoms with E-state index in [0.29, 0.717) is 12.2 Å². The van der Waals surface area contributed by atoms with Crippen molar-refractivity contribution in [3.63, 3.8) is 0 Å². The van der Waals surface area contributed by atoms with Crippen molar-refractivity contribution in [2.45, 2.75) is 13.8 Å². The number of hydrogen-bond donors (Lipinski definition) is 0. The number of ether oxygens (including phenoxy) is 1. The van der Waals surface area contributed by atoms with Gasteiger partial charge in [-0.15, -0.1) is 0 Å². The average molecular weight is 176 g/mol. The van der Waals surface area contributed by atoms with E-state index in [1.54, 1.807) is 0 Å². The highest BCUT2D eigenvalue weighted by Crippen LogP contribution is 2.05. The molecule has 0 N–H and O–H groups in total. The Hall–Kier alpha value is -1.25. The van der Waals surface area contributed by atoms with Crippen LogP contribution in [-0.4, -0.2) is 20.4 Å². The summed E-state index contributed by atoms with van der Waals surface area (Å²) >= 11 is 0. The first-order chi connectivity index (χ1) is 6.16. The van der Waals surface area contributed by atoms with Crippen LogP contribution in [0.1, 0.15) is 22.8 Å². The van der Waals surface area contributed by atoms with Gasteiger partial charge in [0.25, 0.3) is 0 Å². The maximum atomic E-state index is 11.5. The number of esters is 1. The molecule has 0 saturated carbocycles. The highest BCUT2D eigenvalue weighted by Gasteiger charge is 2.11. The molecule has 0 amide bonds. The zero-order valence-electron chi connectivity index (χ0n) is 8.26. The predicted octanol–water partition coefficient (Wildman–Crippen LogP) is 0.430. The van der Waals surface area contributed by atoms with Crippen molar-refractivity contribution in [3.8, 4) is 0 Å². The van der Waals surface area contributed by atoms with Crippen molar-refractivity contribution < 1.29 is 9.53 Å². The van der Waals surface area contributed by atoms with Crippen molar-refractivity contribution in [2.75, 3.05) is 6.61 Å². The number of carbonyl (C=O) groups is 1. The van der Waals surface area contributed by atoms with Gasteiger partial charge in [-0.25, -0.2) is 4.79 Å². The molecule has 0 fully saturated rings. The van der Waals surface area contributed by atoms with E-state index in [9.17, 15) is 4.79 Å². The van der Waals surface area contributed by atoms with Crippen LogP contribution in [0.15, 0.2) is 18.2 Å². The summed E-state index contributed by atoms with van der Waals surface area (Å²) in [4.78, 5) is 11.5. The van der Waals surface area contributed by atoms with Crippen molar-refractivity contribution in [1.29, 1.82) is 0 Å². The topological polar surface area (TPSA) is 26.3 Å². The molecule has 0 aliphatic rings. The number of aryl methyl sites for hydroxylation is 1. The van der Waals surface area contributed by atoms with Crippen LogP contribution >= 0.6 is 0 Å². The fraction of sp³-hybridized carbons (Fsp3) is 0.300. The first-order valence-electron chi connectivity index (χ1n) is 4.40. The van der Waals surface area contributed by atoms with E-state index in [2.05, 4.69) is 0 Å². The smallest absolute Gasteiger partial charge is 0.337 e. The van der Waals surface area contributed by atoms with Crippen molar-refractivity contribution >= 4 is 19.3 Å². The molecule has 0 atom stereocenters. The number of carbonyl (C=O) groups excluding carboxylic acids is 1. The second-order valence-corrected chi connectivity index (χ2v) is 2.99. The quantitative estimate of drug-likeness (QED) is 0.482.